The fourth-order valence-electron chi connectivity index (χ4n) is 3.33. The van der Waals surface area contributed by atoms with Crippen LogP contribution in [0.1, 0.15) is 35.0 Å². The Hall–Kier alpha value is -3.33. The second-order valence-corrected chi connectivity index (χ2v) is 8.27. The van der Waals surface area contributed by atoms with Gasteiger partial charge in [-0.3, -0.25) is 9.36 Å². The van der Waals surface area contributed by atoms with Gasteiger partial charge in [0.25, 0.3) is 0 Å². The second kappa shape index (κ2) is 9.22. The maximum absolute atomic E-state index is 11.2. The number of carbonyl (C=O) groups excluding carboxylic acids is 1. The molecule has 160 valence electrons. The third-order valence-electron chi connectivity index (χ3n) is 4.84. The molecule has 31 heavy (non-hydrogen) atoms. The standard InChI is InChI=1S/C22H24N6O2S/c1-15-12-16(2)28(26-15)18-7-5-17(6-8-18)14-31-22-25-24-21(10-9-20(23)29)27(22)13-19-4-3-11-30-19/h3-8,11-12H,9-10,13-14H2,1-2H3,(H2,23,29). The molecule has 0 fully saturated rings. The fraction of sp³-hybridized carbons (Fsp3) is 0.273. The number of aryl methyl sites for hydroxylation is 3. The lowest BCUT2D eigenvalue weighted by molar-refractivity contribution is -0.118. The van der Waals surface area contributed by atoms with Crippen molar-refractivity contribution >= 4 is 17.7 Å². The Morgan fingerprint density at radius 3 is 2.61 bits per heavy atom. The van der Waals surface area contributed by atoms with Crippen LogP contribution in [0.3, 0.4) is 0 Å². The maximum atomic E-state index is 11.2. The first-order valence-electron chi connectivity index (χ1n) is 9.98. The summed E-state index contributed by atoms with van der Waals surface area (Å²) in [5.74, 6) is 1.90. The van der Waals surface area contributed by atoms with Crippen molar-refractivity contribution in [3.63, 3.8) is 0 Å². The number of nitrogens with two attached hydrogens (primary N) is 1. The average molecular weight is 437 g/mol. The molecule has 1 aromatic carbocycles. The van der Waals surface area contributed by atoms with Crippen molar-refractivity contribution in [2.45, 2.75) is 44.1 Å². The van der Waals surface area contributed by atoms with Gasteiger partial charge in [-0.2, -0.15) is 5.10 Å². The minimum absolute atomic E-state index is 0.231. The van der Waals surface area contributed by atoms with Crippen molar-refractivity contribution in [3.05, 3.63) is 77.3 Å². The third-order valence-corrected chi connectivity index (χ3v) is 5.88. The Kier molecular flexibility index (Phi) is 6.22. The van der Waals surface area contributed by atoms with E-state index in [1.54, 1.807) is 18.0 Å². The Balaban J connectivity index is 1.48. The number of hydrogen-bond donors (Lipinski definition) is 1. The van der Waals surface area contributed by atoms with Crippen LogP contribution in [-0.2, 0) is 23.5 Å². The molecule has 0 radical (unpaired) electrons. The summed E-state index contributed by atoms with van der Waals surface area (Å²) in [7, 11) is 0. The molecule has 0 aliphatic heterocycles. The van der Waals surface area contributed by atoms with Crippen molar-refractivity contribution in [3.8, 4) is 5.69 Å². The van der Waals surface area contributed by atoms with Gasteiger partial charge in [-0.25, -0.2) is 4.68 Å². The molecule has 0 aliphatic carbocycles. The lowest BCUT2D eigenvalue weighted by atomic mass is 10.2. The van der Waals surface area contributed by atoms with Crippen LogP contribution >= 0.6 is 11.8 Å². The lowest BCUT2D eigenvalue weighted by Crippen LogP contribution is -2.14. The number of furan rings is 1. The number of benzene rings is 1. The van der Waals surface area contributed by atoms with Gasteiger partial charge in [0, 0.05) is 24.3 Å². The molecule has 1 amide bonds. The van der Waals surface area contributed by atoms with Crippen LogP contribution in [0.4, 0.5) is 0 Å². The average Bonchev–Trinajstić information content (AvgIpc) is 3.47. The number of amides is 1. The van der Waals surface area contributed by atoms with Crippen LogP contribution < -0.4 is 5.73 Å². The maximum Gasteiger partial charge on any atom is 0.217 e. The van der Waals surface area contributed by atoms with Gasteiger partial charge in [0.1, 0.15) is 11.6 Å². The molecule has 0 saturated heterocycles. The number of carbonyl (C=O) groups is 1. The van der Waals surface area contributed by atoms with Crippen molar-refractivity contribution in [1.82, 2.24) is 24.5 Å². The van der Waals surface area contributed by atoms with E-state index < -0.39 is 0 Å². The molecule has 9 heteroatoms. The highest BCUT2D eigenvalue weighted by molar-refractivity contribution is 7.98. The van der Waals surface area contributed by atoms with Crippen LogP contribution in [0.25, 0.3) is 5.69 Å². The van der Waals surface area contributed by atoms with E-state index >= 15 is 0 Å². The van der Waals surface area contributed by atoms with E-state index in [9.17, 15) is 4.79 Å². The van der Waals surface area contributed by atoms with Crippen molar-refractivity contribution < 1.29 is 9.21 Å². The zero-order chi connectivity index (χ0) is 21.8. The smallest absolute Gasteiger partial charge is 0.217 e. The molecule has 0 spiro atoms. The molecular weight excluding hydrogens is 412 g/mol. The predicted molar refractivity (Wildman–Crippen MR) is 118 cm³/mol. The Labute approximate surface area is 184 Å². The van der Waals surface area contributed by atoms with Crippen LogP contribution in [0.2, 0.25) is 0 Å². The Morgan fingerprint density at radius 1 is 1.16 bits per heavy atom. The number of hydrogen-bond acceptors (Lipinski definition) is 6. The van der Waals surface area contributed by atoms with Crippen LogP contribution in [0.5, 0.6) is 0 Å². The molecule has 0 bridgehead atoms. The number of aromatic nitrogens is 5. The van der Waals surface area contributed by atoms with Crippen molar-refractivity contribution in [1.29, 1.82) is 0 Å². The first-order valence-corrected chi connectivity index (χ1v) is 11.0. The van der Waals surface area contributed by atoms with Gasteiger partial charge in [-0.05, 0) is 49.7 Å². The predicted octanol–water partition coefficient (Wildman–Crippen LogP) is 3.43. The Morgan fingerprint density at radius 2 is 1.97 bits per heavy atom. The largest absolute Gasteiger partial charge is 0.467 e. The summed E-state index contributed by atoms with van der Waals surface area (Å²) < 4.78 is 9.41. The van der Waals surface area contributed by atoms with Gasteiger partial charge in [0.05, 0.1) is 24.2 Å². The van der Waals surface area contributed by atoms with Gasteiger partial charge in [0.2, 0.25) is 5.91 Å². The lowest BCUT2D eigenvalue weighted by Gasteiger charge is -2.09. The topological polar surface area (TPSA) is 105 Å². The van der Waals surface area contributed by atoms with Gasteiger partial charge >= 0.3 is 0 Å². The summed E-state index contributed by atoms with van der Waals surface area (Å²) >= 11 is 1.60. The summed E-state index contributed by atoms with van der Waals surface area (Å²) in [6.07, 6.45) is 2.32. The van der Waals surface area contributed by atoms with Gasteiger partial charge in [-0.15, -0.1) is 10.2 Å². The highest BCUT2D eigenvalue weighted by Gasteiger charge is 2.15. The zero-order valence-electron chi connectivity index (χ0n) is 17.5. The van der Waals surface area contributed by atoms with E-state index in [0.717, 1.165) is 39.6 Å². The summed E-state index contributed by atoms with van der Waals surface area (Å²) in [5.41, 5.74) is 9.62. The molecule has 0 atom stereocenters. The highest BCUT2D eigenvalue weighted by atomic mass is 32.2. The second-order valence-electron chi connectivity index (χ2n) is 7.32. The van der Waals surface area contributed by atoms with E-state index in [2.05, 4.69) is 45.6 Å². The van der Waals surface area contributed by atoms with Gasteiger partial charge < -0.3 is 10.2 Å². The third kappa shape index (κ3) is 5.05. The highest BCUT2D eigenvalue weighted by Crippen LogP contribution is 2.24. The molecule has 8 nitrogen and oxygen atoms in total. The normalized spacial score (nSPS) is 11.2. The Bertz CT molecular complexity index is 1160. The molecule has 0 saturated carbocycles. The molecule has 3 aromatic heterocycles. The van der Waals surface area contributed by atoms with Crippen LogP contribution in [-0.4, -0.2) is 30.5 Å². The van der Waals surface area contributed by atoms with E-state index in [4.69, 9.17) is 10.2 Å². The number of nitrogens with zero attached hydrogens (tertiary/aromatic N) is 5. The quantitative estimate of drug-likeness (QED) is 0.403. The van der Waals surface area contributed by atoms with E-state index in [-0.39, 0.29) is 12.3 Å². The molecule has 0 aliphatic rings. The number of rotatable bonds is 9. The number of thioether (sulfide) groups is 1. The summed E-state index contributed by atoms with van der Waals surface area (Å²) in [6, 6.07) is 14.2. The SMILES string of the molecule is Cc1cc(C)n(-c2ccc(CSc3nnc(CCC(N)=O)n3Cc3ccco3)cc2)n1. The molecule has 2 N–H and O–H groups in total. The molecular formula is C22H24N6O2S. The van der Waals surface area contributed by atoms with E-state index in [0.29, 0.717) is 13.0 Å². The summed E-state index contributed by atoms with van der Waals surface area (Å²) in [5, 5.41) is 13.9. The minimum atomic E-state index is -0.357. The zero-order valence-corrected chi connectivity index (χ0v) is 18.3. The molecule has 4 aromatic rings. The first-order chi connectivity index (χ1) is 15.0. The molecule has 3 heterocycles. The van der Waals surface area contributed by atoms with Crippen molar-refractivity contribution in [2.24, 2.45) is 5.73 Å². The van der Waals surface area contributed by atoms with E-state index in [1.807, 2.05) is 35.2 Å². The number of primary amides is 1. The monoisotopic (exact) mass is 436 g/mol. The van der Waals surface area contributed by atoms with E-state index in [1.165, 1.54) is 5.56 Å². The summed E-state index contributed by atoms with van der Waals surface area (Å²) in [4.78, 5) is 11.2. The van der Waals surface area contributed by atoms with Gasteiger partial charge in [0.15, 0.2) is 5.16 Å². The minimum Gasteiger partial charge on any atom is -0.467 e. The van der Waals surface area contributed by atoms with Gasteiger partial charge in [-0.1, -0.05) is 23.9 Å². The fourth-order valence-corrected chi connectivity index (χ4v) is 4.25. The van der Waals surface area contributed by atoms with Crippen LogP contribution in [0, 0.1) is 13.8 Å². The molecule has 4 rings (SSSR count). The first kappa shape index (κ1) is 20.9. The molecule has 0 unspecified atom stereocenters. The van der Waals surface area contributed by atoms with Crippen LogP contribution in [0.15, 0.2) is 58.3 Å². The summed E-state index contributed by atoms with van der Waals surface area (Å²) in [6.45, 7) is 4.55. The van der Waals surface area contributed by atoms with Crippen molar-refractivity contribution in [2.75, 3.05) is 0 Å².